The number of aromatic nitrogens is 4. The summed E-state index contributed by atoms with van der Waals surface area (Å²) in [6.07, 6.45) is 2.53. The van der Waals surface area contributed by atoms with Crippen LogP contribution >= 0.6 is 11.8 Å². The molecule has 2 amide bonds. The zero-order valence-corrected chi connectivity index (χ0v) is 51.0. The van der Waals surface area contributed by atoms with Gasteiger partial charge in [0.2, 0.25) is 28.4 Å². The Hall–Kier alpha value is 3.18. The standard InChI is InChI=1S/C10H13N5O4S.C8H11N5O5S.C6H15N.C3H6O.CH4.5K.H/c1-3-5-20-9-12-7(11)6(15(17)18)8(13-9)14-10(16)19-4-2;1-3-18-8(14)12-6-4(13(15)16)5(9)10-7(11-6)19(2)17;1-4-7(5-2)6-3;1-2-3-4;;;;;;;/h3H,1,4-5H2,2H3,(H3,11,12,13,14,16);3H2,1-2H3,(H3,9,10,11,12,14);4-6H2,1-3H3;2,4H,1,3H2;1H4;;;;;;/q;;;;;;;;;+1;-1. The van der Waals surface area contributed by atoms with Crippen molar-refractivity contribution in [3.63, 3.8) is 0 Å². The van der Waals surface area contributed by atoms with Crippen LogP contribution in [0.25, 0.3) is 0 Å². The number of ether oxygens (including phenoxy) is 2. The summed E-state index contributed by atoms with van der Waals surface area (Å²) in [6.45, 7) is 20.3. The maximum atomic E-state index is 11.3. The molecule has 0 spiro atoms. The number of nitrogens with two attached hydrogens (primary N) is 2. The Morgan fingerprint density at radius 3 is 1.54 bits per heavy atom. The predicted molar refractivity (Wildman–Crippen MR) is 222 cm³/mol. The molecule has 28 heteroatoms. The van der Waals surface area contributed by atoms with Crippen molar-refractivity contribution in [3.8, 4) is 0 Å². The molecule has 0 bridgehead atoms. The summed E-state index contributed by atoms with van der Waals surface area (Å²) < 4.78 is 20.5. The molecule has 7 N–H and O–H groups in total. The van der Waals surface area contributed by atoms with E-state index in [1.807, 2.05) is 0 Å². The third-order valence-electron chi connectivity index (χ3n) is 5.20. The average Bonchev–Trinajstić information content (AvgIpc) is 3.13. The minimum atomic E-state index is -1.61. The number of carbonyl (C=O) groups is 2. The van der Waals surface area contributed by atoms with Crippen molar-refractivity contribution in [2.45, 2.75) is 52.4 Å². The summed E-state index contributed by atoms with van der Waals surface area (Å²) in [7, 11) is -1.61. The van der Waals surface area contributed by atoms with Crippen molar-refractivity contribution in [2.75, 3.05) is 73.6 Å². The van der Waals surface area contributed by atoms with Gasteiger partial charge in [-0.1, -0.05) is 52.1 Å². The molecule has 0 aromatic carbocycles. The van der Waals surface area contributed by atoms with Crippen LogP contribution in [0.15, 0.2) is 35.6 Å². The molecular weight excluding hydrogens is 910 g/mol. The third kappa shape index (κ3) is 34.6. The normalized spacial score (nSPS) is 9.50. The molecule has 0 saturated heterocycles. The summed E-state index contributed by atoms with van der Waals surface area (Å²) >= 11 is 6.17. The van der Waals surface area contributed by atoms with Gasteiger partial charge < -0.3 is 32.4 Å². The minimum absolute atomic E-state index is 0. The van der Waals surface area contributed by atoms with Crippen molar-refractivity contribution in [1.82, 2.24) is 24.8 Å². The number of hydrogen-bond donors (Lipinski definition) is 5. The Morgan fingerprint density at radius 2 is 1.25 bits per heavy atom. The number of nitrogen functional groups attached to an aromatic ring is 2. The quantitative estimate of drug-likeness (QED) is 0.0410. The first-order valence-corrected chi connectivity index (χ1v) is 51.2. The van der Waals surface area contributed by atoms with E-state index in [2.05, 4.69) is 78.9 Å². The van der Waals surface area contributed by atoms with Gasteiger partial charge in [-0.15, -0.1) is 13.2 Å². The van der Waals surface area contributed by atoms with Gasteiger partial charge in [-0.25, -0.2) is 9.59 Å². The number of aliphatic hydroxyl groups is 1. The number of amides is 2. The van der Waals surface area contributed by atoms with Gasteiger partial charge in [0.1, 0.15) is 0 Å². The van der Waals surface area contributed by atoms with Crippen LogP contribution in [0.4, 0.5) is 44.2 Å². The summed E-state index contributed by atoms with van der Waals surface area (Å²) in [6, 6.07) is 0. The van der Waals surface area contributed by atoms with Crippen LogP contribution in [-0.2, 0) is 20.3 Å². The van der Waals surface area contributed by atoms with E-state index < -0.39 is 55.8 Å². The van der Waals surface area contributed by atoms with Gasteiger partial charge in [0.15, 0.2) is 5.16 Å². The summed E-state index contributed by atoms with van der Waals surface area (Å²) in [5.41, 5.74) is 9.66. The number of anilines is 4. The molecule has 2 heterocycles. The Bertz CT molecular complexity index is 1470. The molecule has 2 aromatic heterocycles. The number of nitrogens with zero attached hydrogens (tertiary/aromatic N) is 7. The van der Waals surface area contributed by atoms with Crippen molar-refractivity contribution < 1.29 is 91.0 Å². The first-order chi connectivity index (χ1) is 25.6. The number of hydrogen-bond acceptors (Lipinski definition) is 18. The monoisotopic (exact) mass is 959 g/mol. The van der Waals surface area contributed by atoms with Gasteiger partial charge in [-0.2, -0.15) is 19.9 Å². The third-order valence-corrected chi connectivity index (χ3v) is 6.74. The van der Waals surface area contributed by atoms with Crippen molar-refractivity contribution in [3.05, 3.63) is 45.5 Å². The summed E-state index contributed by atoms with van der Waals surface area (Å²) in [4.78, 5) is 60.0. The van der Waals surface area contributed by atoms with E-state index in [9.17, 15) is 34.0 Å². The van der Waals surface area contributed by atoms with E-state index in [1.165, 1.54) is 170 Å². The first kappa shape index (κ1) is 70.8. The van der Waals surface area contributed by atoms with E-state index in [1.54, 1.807) is 19.9 Å². The number of aliphatic hydroxyl groups excluding tert-OH is 1. The SMILES string of the molecule is C.C=CCO.C=CCSc1nc(N)c([N+](=O)[O-])c(NC(=O)OCC)n1.CCN(CC)CC.CCOC(=O)Nc1nc(S(C)=O)nc(N)c1[N+](=O)[O-].[H-].[K+].[K][K].[K][K]. The van der Waals surface area contributed by atoms with Crippen LogP contribution in [0.5, 0.6) is 0 Å². The molecular formula is C28H50K5N11O10S2. The summed E-state index contributed by atoms with van der Waals surface area (Å²) in [5, 5.41) is 33.7. The second-order valence-electron chi connectivity index (χ2n) is 8.53. The summed E-state index contributed by atoms with van der Waals surface area (Å²) in [5.74, 6) is -1.08. The van der Waals surface area contributed by atoms with Crippen LogP contribution < -0.4 is 73.5 Å². The van der Waals surface area contributed by atoms with Crippen LogP contribution in [0.1, 0.15) is 43.5 Å². The van der Waals surface area contributed by atoms with Crippen molar-refractivity contribution in [2.24, 2.45) is 0 Å². The fourth-order valence-corrected chi connectivity index (χ4v) is 3.99. The maximum absolute atomic E-state index is 11.3. The van der Waals surface area contributed by atoms with Crippen LogP contribution in [0.2, 0.25) is 0 Å². The number of carbonyl (C=O) groups excluding carboxylic acids is 2. The Morgan fingerprint density at radius 1 is 0.875 bits per heavy atom. The second kappa shape index (κ2) is 47.7. The number of nitrogens with one attached hydrogen (secondary N) is 2. The molecule has 56 heavy (non-hydrogen) atoms. The fraction of sp³-hybridized carbons (Fsp3) is 0.500. The van der Waals surface area contributed by atoms with Crippen LogP contribution in [0.3, 0.4) is 0 Å². The molecule has 0 saturated carbocycles. The average molecular weight is 960 g/mol. The molecule has 2 rings (SSSR count). The van der Waals surface area contributed by atoms with Crippen LogP contribution in [-0.4, -0.2) is 234 Å². The molecule has 294 valence electrons. The van der Waals surface area contributed by atoms with Gasteiger partial charge in [-0.3, -0.25) is 35.1 Å². The molecule has 0 aliphatic carbocycles. The molecule has 21 nitrogen and oxygen atoms in total. The van der Waals surface area contributed by atoms with E-state index in [0.717, 1.165) is 0 Å². The number of thioether (sulfide) groups is 1. The van der Waals surface area contributed by atoms with Gasteiger partial charge >= 0.3 is 201 Å². The van der Waals surface area contributed by atoms with Crippen molar-refractivity contribution in [1.29, 1.82) is 0 Å². The molecule has 2 aromatic rings. The number of nitro groups is 2. The van der Waals surface area contributed by atoms with Gasteiger partial charge in [0, 0.05) is 12.0 Å². The molecule has 0 radical (unpaired) electrons. The molecule has 1 unspecified atom stereocenters. The second-order valence-corrected chi connectivity index (χ2v) is 10.8. The molecule has 0 fully saturated rings. The van der Waals surface area contributed by atoms with E-state index in [-0.39, 0.29) is 102 Å². The Kier molecular flexibility index (Phi) is 60.3. The molecule has 1 atom stereocenters. The van der Waals surface area contributed by atoms with Crippen molar-refractivity contribution >= 4 is 196 Å². The van der Waals surface area contributed by atoms with E-state index in [0.29, 0.717) is 5.75 Å². The Labute approximate surface area is 470 Å². The zero-order valence-electron chi connectivity index (χ0n) is 34.7. The van der Waals surface area contributed by atoms with E-state index in [4.69, 9.17) is 16.6 Å². The zero-order chi connectivity index (χ0) is 42.8. The molecule has 0 aliphatic rings. The van der Waals surface area contributed by atoms with Gasteiger partial charge in [0.05, 0.1) is 40.5 Å². The van der Waals surface area contributed by atoms with Gasteiger partial charge in [0.25, 0.3) is 0 Å². The topological polar surface area (TPSA) is 307 Å². The number of rotatable bonds is 14. The van der Waals surface area contributed by atoms with Gasteiger partial charge in [-0.05, 0) is 33.5 Å². The fourth-order valence-electron chi connectivity index (χ4n) is 2.96. The first-order valence-electron chi connectivity index (χ1n) is 16.6. The van der Waals surface area contributed by atoms with E-state index >= 15 is 0 Å². The predicted octanol–water partition coefficient (Wildman–Crippen LogP) is -0.171. The Balaban J connectivity index is -0.000000125. The van der Waals surface area contributed by atoms with Crippen LogP contribution in [0, 0.1) is 20.2 Å². The molecule has 0 aliphatic heterocycles.